The van der Waals surface area contributed by atoms with Gasteiger partial charge in [0.15, 0.2) is 0 Å². The summed E-state index contributed by atoms with van der Waals surface area (Å²) < 4.78 is 0. The summed E-state index contributed by atoms with van der Waals surface area (Å²) in [4.78, 5) is 0. The Hall–Kier alpha value is 2.14. The van der Waals surface area contributed by atoms with E-state index < -0.39 is 0 Å². The number of hydrogen-bond acceptors (Lipinski definition) is 0. The van der Waals surface area contributed by atoms with Crippen LogP contribution in [-0.2, 0) is 17.1 Å². The number of halogens is 6. The van der Waals surface area contributed by atoms with Crippen LogP contribution in [0.4, 0.5) is 0 Å². The van der Waals surface area contributed by atoms with Crippen molar-refractivity contribution in [1.82, 2.24) is 0 Å². The Morgan fingerprint density at radius 1 is 0.300 bits per heavy atom. The maximum atomic E-state index is 0. The van der Waals surface area contributed by atoms with E-state index >= 15 is 0 Å². The van der Waals surface area contributed by atoms with Gasteiger partial charge in [-0.15, -0.1) is 74.4 Å². The Morgan fingerprint density at radius 3 is 0.300 bits per heavy atom. The van der Waals surface area contributed by atoms with Gasteiger partial charge in [-0.3, -0.25) is 0 Å². The largest absolute Gasteiger partial charge is 0.412 e. The van der Waals surface area contributed by atoms with Crippen molar-refractivity contribution in [3.05, 3.63) is 0 Å². The fourth-order valence-electron chi connectivity index (χ4n) is 0. The molecule has 10 heavy (non-hydrogen) atoms. The summed E-state index contributed by atoms with van der Waals surface area (Å²) in [5, 5.41) is 0. The van der Waals surface area contributed by atoms with Crippen LogP contribution in [0.25, 0.3) is 0 Å². The molecule has 0 aliphatic rings. The Kier molecular flexibility index (Phi) is 8230. The molecule has 10 heteroatoms. The summed E-state index contributed by atoms with van der Waals surface area (Å²) in [5.74, 6) is 0. The number of hydrogen-bond donors (Lipinski definition) is 0. The molecule has 0 heterocycles. The van der Waals surface area contributed by atoms with Gasteiger partial charge in [0.2, 0.25) is 0 Å². The summed E-state index contributed by atoms with van der Waals surface area (Å²) in [6.07, 6.45) is 0. The molecule has 0 unspecified atom stereocenters. The Bertz CT molecular complexity index is 13.0. The van der Waals surface area contributed by atoms with Crippen molar-refractivity contribution >= 4 is 74.4 Å². The zero-order valence-electron chi connectivity index (χ0n) is 4.30. The van der Waals surface area contributed by atoms with Crippen molar-refractivity contribution in [3.63, 3.8) is 0 Å². The van der Waals surface area contributed by atoms with Crippen LogP contribution in [0.3, 0.4) is 0 Å². The van der Waals surface area contributed by atoms with Crippen molar-refractivity contribution in [2.45, 2.75) is 0 Å². The minimum absolute atomic E-state index is 0. The summed E-state index contributed by atoms with van der Waals surface area (Å²) in [6.45, 7) is 0. The van der Waals surface area contributed by atoms with E-state index in [1.54, 1.807) is 0 Å². The molecule has 0 atom stereocenters. The summed E-state index contributed by atoms with van der Waals surface area (Å²) in [7, 11) is 0. The van der Waals surface area contributed by atoms with Crippen molar-refractivity contribution in [2.24, 2.45) is 0 Å². The van der Waals surface area contributed by atoms with E-state index in [0.717, 1.165) is 0 Å². The molecule has 0 radical (unpaired) electrons. The molecule has 80 valence electrons. The molecule has 0 rings (SSSR count). The second-order valence-corrected chi connectivity index (χ2v) is 0. The molecule has 3 nitrogen and oxygen atoms in total. The smallest absolute Gasteiger partial charge is 0 e. The molecular weight excluding hydrogens is 317 g/mol. The van der Waals surface area contributed by atoms with Crippen molar-refractivity contribution in [3.8, 4) is 0 Å². The molecule has 0 aliphatic carbocycles. The average Bonchev–Trinajstić information content (AvgIpc) is 0. The Balaban J connectivity index is 0. The summed E-state index contributed by atoms with van der Waals surface area (Å²) in [6, 6.07) is 0. The molecule has 0 saturated heterocycles. The quantitative estimate of drug-likeness (QED) is 0.562. The van der Waals surface area contributed by atoms with Gasteiger partial charge in [0, 0.05) is 17.1 Å². The van der Waals surface area contributed by atoms with Gasteiger partial charge in [-0.2, -0.15) is 0 Å². The van der Waals surface area contributed by atoms with Gasteiger partial charge in [-0.25, -0.2) is 0 Å². The molecule has 0 aromatic rings. The minimum Gasteiger partial charge on any atom is -0.412 e. The number of rotatable bonds is 0. The van der Waals surface area contributed by atoms with Crippen molar-refractivity contribution in [1.29, 1.82) is 0 Å². The van der Waals surface area contributed by atoms with Crippen LogP contribution in [0.1, 0.15) is 0 Å². The van der Waals surface area contributed by atoms with Crippen LogP contribution in [0.15, 0.2) is 0 Å². The Labute approximate surface area is 107 Å². The summed E-state index contributed by atoms with van der Waals surface area (Å²) >= 11 is 0. The van der Waals surface area contributed by atoms with E-state index in [4.69, 9.17) is 0 Å². The second kappa shape index (κ2) is 250. The van der Waals surface area contributed by atoms with Gasteiger partial charge < -0.3 is 16.4 Å². The maximum absolute atomic E-state index is 0. The van der Waals surface area contributed by atoms with Crippen molar-refractivity contribution in [2.75, 3.05) is 0 Å². The molecule has 0 saturated carbocycles. The normalized spacial score (nSPS) is 0. The standard InChI is InChI=1S/6ClH.Fe.3H2O/h6*1H;;3*1H2. The third kappa shape index (κ3) is 185. The van der Waals surface area contributed by atoms with Gasteiger partial charge in [0.1, 0.15) is 0 Å². The predicted octanol–water partition coefficient (Wildman–Crippen LogP) is 0.0542. The summed E-state index contributed by atoms with van der Waals surface area (Å²) in [5.41, 5.74) is 0. The van der Waals surface area contributed by atoms with Gasteiger partial charge in [-0.1, -0.05) is 0 Å². The first-order valence-corrected chi connectivity index (χ1v) is 0. The van der Waals surface area contributed by atoms with Gasteiger partial charge >= 0.3 is 0 Å². The van der Waals surface area contributed by atoms with Crippen LogP contribution in [0.5, 0.6) is 0 Å². The fourth-order valence-corrected chi connectivity index (χ4v) is 0. The van der Waals surface area contributed by atoms with Gasteiger partial charge in [0.25, 0.3) is 0 Å². The zero-order valence-corrected chi connectivity index (χ0v) is 10.3. The van der Waals surface area contributed by atoms with E-state index in [-0.39, 0.29) is 108 Å². The SMILES string of the molecule is Cl.Cl.Cl.Cl.Cl.Cl.O.O.O.[Fe]. The molecular formula is H12Cl6FeO3. The third-order valence-electron chi connectivity index (χ3n) is 0. The van der Waals surface area contributed by atoms with Crippen LogP contribution in [0.2, 0.25) is 0 Å². The molecule has 0 bridgehead atoms. The monoisotopic (exact) mass is 326 g/mol. The zero-order chi connectivity index (χ0) is 0. The van der Waals surface area contributed by atoms with E-state index in [1.165, 1.54) is 0 Å². The molecule has 0 aliphatic heterocycles. The molecule has 0 spiro atoms. The van der Waals surface area contributed by atoms with E-state index in [9.17, 15) is 0 Å². The maximum Gasteiger partial charge on any atom is 0 e. The van der Waals surface area contributed by atoms with Gasteiger partial charge in [-0.05, 0) is 0 Å². The second-order valence-electron chi connectivity index (χ2n) is 0. The molecule has 0 aromatic carbocycles. The third-order valence-corrected chi connectivity index (χ3v) is 0. The van der Waals surface area contributed by atoms with Crippen molar-refractivity contribution < 1.29 is 33.5 Å². The van der Waals surface area contributed by atoms with Gasteiger partial charge in [0.05, 0.1) is 0 Å². The first-order chi connectivity index (χ1) is 0. The van der Waals surface area contributed by atoms with E-state index in [0.29, 0.717) is 0 Å². The molecule has 0 amide bonds. The van der Waals surface area contributed by atoms with Crippen LogP contribution < -0.4 is 0 Å². The van der Waals surface area contributed by atoms with Crippen LogP contribution >= 0.6 is 74.4 Å². The Morgan fingerprint density at radius 2 is 0.300 bits per heavy atom. The average molecular weight is 329 g/mol. The first kappa shape index (κ1) is 329. The van der Waals surface area contributed by atoms with E-state index in [1.807, 2.05) is 0 Å². The van der Waals surface area contributed by atoms with Crippen LogP contribution in [-0.4, -0.2) is 16.4 Å². The molecule has 0 aromatic heterocycles. The molecule has 0 fully saturated rings. The predicted molar refractivity (Wildman–Crippen MR) is 54.3 cm³/mol. The first-order valence-electron chi connectivity index (χ1n) is 0. The minimum atomic E-state index is 0. The topological polar surface area (TPSA) is 94.5 Å². The van der Waals surface area contributed by atoms with Crippen LogP contribution in [0, 0.1) is 0 Å². The fraction of sp³-hybridized carbons (Fsp3) is 0. The van der Waals surface area contributed by atoms with E-state index in [2.05, 4.69) is 0 Å². The molecule has 6 N–H and O–H groups in total.